The molecule has 0 bridgehead atoms. The van der Waals surface area contributed by atoms with Crippen LogP contribution in [0.3, 0.4) is 0 Å². The van der Waals surface area contributed by atoms with Gasteiger partial charge in [-0.15, -0.1) is 0 Å². The van der Waals surface area contributed by atoms with Crippen LogP contribution in [-0.4, -0.2) is 15.8 Å². The van der Waals surface area contributed by atoms with Crippen molar-refractivity contribution in [1.82, 2.24) is 9.78 Å². The lowest BCUT2D eigenvalue weighted by Gasteiger charge is -2.07. The molecule has 0 fully saturated rings. The Morgan fingerprint density at radius 1 is 1.47 bits per heavy atom. The first-order valence-corrected chi connectivity index (χ1v) is 6.00. The summed E-state index contributed by atoms with van der Waals surface area (Å²) >= 11 is 6.00. The second-order valence-electron chi connectivity index (χ2n) is 4.36. The van der Waals surface area contributed by atoms with Crippen molar-refractivity contribution in [2.24, 2.45) is 5.73 Å². The molecule has 3 nitrogen and oxygen atoms in total. The molecule has 0 amide bonds. The molecule has 90 valence electrons. The van der Waals surface area contributed by atoms with Gasteiger partial charge in [-0.05, 0) is 38.0 Å². The van der Waals surface area contributed by atoms with Gasteiger partial charge in [0.2, 0.25) is 0 Å². The van der Waals surface area contributed by atoms with E-state index in [0.29, 0.717) is 5.02 Å². The molecule has 1 atom stereocenters. The van der Waals surface area contributed by atoms with Crippen molar-refractivity contribution in [2.45, 2.75) is 26.3 Å². The van der Waals surface area contributed by atoms with Crippen LogP contribution in [0, 0.1) is 6.92 Å². The van der Waals surface area contributed by atoms with Crippen molar-refractivity contribution in [3.63, 3.8) is 0 Å². The second-order valence-corrected chi connectivity index (χ2v) is 4.77. The molecule has 0 saturated carbocycles. The third kappa shape index (κ3) is 2.87. The standard InChI is InChI=1S/C13H16ClN3/c1-9(15)6-11-4-3-5-12(7-11)17-8-13(14)10(2)16-17/h3-5,7-9H,6,15H2,1-2H3. The van der Waals surface area contributed by atoms with Gasteiger partial charge in [0.1, 0.15) is 0 Å². The molecule has 1 aromatic carbocycles. The van der Waals surface area contributed by atoms with Gasteiger partial charge in [0.25, 0.3) is 0 Å². The van der Waals surface area contributed by atoms with Crippen molar-refractivity contribution in [1.29, 1.82) is 0 Å². The molecule has 2 N–H and O–H groups in total. The van der Waals surface area contributed by atoms with E-state index in [4.69, 9.17) is 17.3 Å². The average molecular weight is 250 g/mol. The van der Waals surface area contributed by atoms with E-state index < -0.39 is 0 Å². The zero-order valence-electron chi connectivity index (χ0n) is 10.0. The molecule has 2 aromatic rings. The van der Waals surface area contributed by atoms with Crippen LogP contribution in [0.1, 0.15) is 18.2 Å². The lowest BCUT2D eigenvalue weighted by molar-refractivity contribution is 0.736. The van der Waals surface area contributed by atoms with Gasteiger partial charge in [-0.25, -0.2) is 4.68 Å². The van der Waals surface area contributed by atoms with E-state index in [9.17, 15) is 0 Å². The minimum absolute atomic E-state index is 0.160. The number of benzene rings is 1. The van der Waals surface area contributed by atoms with Crippen LogP contribution in [0.25, 0.3) is 5.69 Å². The highest BCUT2D eigenvalue weighted by Gasteiger charge is 2.05. The van der Waals surface area contributed by atoms with Gasteiger partial charge in [-0.1, -0.05) is 23.7 Å². The maximum Gasteiger partial charge on any atom is 0.0819 e. The molecule has 4 heteroatoms. The Balaban J connectivity index is 2.32. The number of halogens is 1. The fourth-order valence-corrected chi connectivity index (χ4v) is 1.90. The fraction of sp³-hybridized carbons (Fsp3) is 0.308. The Morgan fingerprint density at radius 3 is 2.82 bits per heavy atom. The largest absolute Gasteiger partial charge is 0.328 e. The van der Waals surface area contributed by atoms with Gasteiger partial charge in [-0.3, -0.25) is 0 Å². The van der Waals surface area contributed by atoms with Gasteiger partial charge >= 0.3 is 0 Å². The number of nitrogens with two attached hydrogens (primary N) is 1. The molecule has 0 radical (unpaired) electrons. The van der Waals surface area contributed by atoms with Crippen LogP contribution in [0.15, 0.2) is 30.5 Å². The molecule has 0 aliphatic heterocycles. The van der Waals surface area contributed by atoms with Crippen LogP contribution in [0.5, 0.6) is 0 Å². The van der Waals surface area contributed by atoms with E-state index in [2.05, 4.69) is 17.2 Å². The molecule has 2 rings (SSSR count). The Labute approximate surface area is 106 Å². The van der Waals surface area contributed by atoms with Crippen LogP contribution >= 0.6 is 11.6 Å². The summed E-state index contributed by atoms with van der Waals surface area (Å²) in [7, 11) is 0. The number of nitrogens with zero attached hydrogens (tertiary/aromatic N) is 2. The quantitative estimate of drug-likeness (QED) is 0.909. The molecule has 0 aliphatic rings. The van der Waals surface area contributed by atoms with Crippen molar-refractivity contribution in [3.8, 4) is 5.69 Å². The summed E-state index contributed by atoms with van der Waals surface area (Å²) in [6.45, 7) is 3.90. The Morgan fingerprint density at radius 2 is 2.24 bits per heavy atom. The average Bonchev–Trinajstić information content (AvgIpc) is 2.59. The summed E-state index contributed by atoms with van der Waals surface area (Å²) in [5.41, 5.74) is 8.86. The molecular weight excluding hydrogens is 234 g/mol. The highest BCUT2D eigenvalue weighted by molar-refractivity contribution is 6.31. The van der Waals surface area contributed by atoms with E-state index in [1.165, 1.54) is 5.56 Å². The highest BCUT2D eigenvalue weighted by atomic mass is 35.5. The molecule has 0 saturated heterocycles. The lowest BCUT2D eigenvalue weighted by Crippen LogP contribution is -2.17. The van der Waals surface area contributed by atoms with E-state index in [1.54, 1.807) is 4.68 Å². The second kappa shape index (κ2) is 4.90. The summed E-state index contributed by atoms with van der Waals surface area (Å²) in [5, 5.41) is 5.04. The van der Waals surface area contributed by atoms with Crippen molar-refractivity contribution in [3.05, 3.63) is 46.7 Å². The zero-order chi connectivity index (χ0) is 12.4. The third-order valence-electron chi connectivity index (χ3n) is 2.57. The van der Waals surface area contributed by atoms with E-state index >= 15 is 0 Å². The summed E-state index contributed by atoms with van der Waals surface area (Å²) in [6.07, 6.45) is 2.68. The summed E-state index contributed by atoms with van der Waals surface area (Å²) in [4.78, 5) is 0. The molecule has 0 spiro atoms. The Kier molecular flexibility index (Phi) is 3.50. The highest BCUT2D eigenvalue weighted by Crippen LogP contribution is 2.17. The smallest absolute Gasteiger partial charge is 0.0819 e. The van der Waals surface area contributed by atoms with Gasteiger partial charge in [-0.2, -0.15) is 5.10 Å². The molecule has 1 unspecified atom stereocenters. The summed E-state index contributed by atoms with van der Waals surface area (Å²) in [5.74, 6) is 0. The third-order valence-corrected chi connectivity index (χ3v) is 2.94. The predicted octanol–water partition coefficient (Wildman–Crippen LogP) is 2.72. The van der Waals surface area contributed by atoms with Gasteiger partial charge < -0.3 is 5.73 Å². The molecule has 1 aromatic heterocycles. The normalized spacial score (nSPS) is 12.7. The number of aromatic nitrogens is 2. The van der Waals surface area contributed by atoms with Gasteiger partial charge in [0, 0.05) is 12.2 Å². The summed E-state index contributed by atoms with van der Waals surface area (Å²) in [6, 6.07) is 8.34. The first-order valence-electron chi connectivity index (χ1n) is 5.63. The number of rotatable bonds is 3. The summed E-state index contributed by atoms with van der Waals surface area (Å²) < 4.78 is 1.79. The topological polar surface area (TPSA) is 43.8 Å². The Bertz CT molecular complexity index is 498. The first-order chi connectivity index (χ1) is 8.06. The van der Waals surface area contributed by atoms with Crippen LogP contribution in [0.2, 0.25) is 5.02 Å². The van der Waals surface area contributed by atoms with Crippen molar-refractivity contribution >= 4 is 11.6 Å². The fourth-order valence-electron chi connectivity index (χ4n) is 1.77. The number of hydrogen-bond acceptors (Lipinski definition) is 2. The maximum absolute atomic E-state index is 6.00. The SMILES string of the molecule is Cc1nn(-c2cccc(CC(C)N)c2)cc1Cl. The van der Waals surface area contributed by atoms with Crippen molar-refractivity contribution in [2.75, 3.05) is 0 Å². The predicted molar refractivity (Wildman–Crippen MR) is 70.7 cm³/mol. The van der Waals surface area contributed by atoms with E-state index in [1.807, 2.05) is 32.2 Å². The van der Waals surface area contributed by atoms with Crippen LogP contribution < -0.4 is 5.73 Å². The molecule has 17 heavy (non-hydrogen) atoms. The van der Waals surface area contributed by atoms with Gasteiger partial charge in [0.15, 0.2) is 0 Å². The molecular formula is C13H16ClN3. The lowest BCUT2D eigenvalue weighted by atomic mass is 10.1. The number of aryl methyl sites for hydroxylation is 1. The van der Waals surface area contributed by atoms with Crippen LogP contribution in [0.4, 0.5) is 0 Å². The van der Waals surface area contributed by atoms with Crippen molar-refractivity contribution < 1.29 is 0 Å². The zero-order valence-corrected chi connectivity index (χ0v) is 10.8. The monoisotopic (exact) mass is 249 g/mol. The maximum atomic E-state index is 6.00. The molecule has 0 aliphatic carbocycles. The van der Waals surface area contributed by atoms with Crippen LogP contribution in [-0.2, 0) is 6.42 Å². The minimum Gasteiger partial charge on any atom is -0.328 e. The van der Waals surface area contributed by atoms with Gasteiger partial charge in [0.05, 0.1) is 16.4 Å². The van der Waals surface area contributed by atoms with E-state index in [-0.39, 0.29) is 6.04 Å². The Hall–Kier alpha value is -1.32. The van der Waals surface area contributed by atoms with E-state index in [0.717, 1.165) is 17.8 Å². The number of hydrogen-bond donors (Lipinski definition) is 1. The molecule has 1 heterocycles. The minimum atomic E-state index is 0.160. The first kappa shape index (κ1) is 12.1.